The fraction of sp³-hybridized carbons (Fsp3) is 1.00. The van der Waals surface area contributed by atoms with Crippen LogP contribution in [0, 0.1) is 17.8 Å². The molecule has 2 rings (SSSR count). The van der Waals surface area contributed by atoms with Crippen molar-refractivity contribution < 1.29 is 0 Å². The molecule has 16 heavy (non-hydrogen) atoms. The van der Waals surface area contributed by atoms with Crippen LogP contribution in [0.1, 0.15) is 46.0 Å². The molecule has 2 heteroatoms. The van der Waals surface area contributed by atoms with Gasteiger partial charge >= 0.3 is 0 Å². The highest BCUT2D eigenvalue weighted by molar-refractivity contribution is 4.89. The first-order valence-electron chi connectivity index (χ1n) is 7.16. The summed E-state index contributed by atoms with van der Waals surface area (Å²) in [5, 5.41) is 0. The second-order valence-corrected chi connectivity index (χ2v) is 6.14. The molecular formula is C14H28N2. The zero-order chi connectivity index (χ0) is 11.5. The van der Waals surface area contributed by atoms with Crippen molar-refractivity contribution in [3.63, 3.8) is 0 Å². The second-order valence-electron chi connectivity index (χ2n) is 6.14. The van der Waals surface area contributed by atoms with Gasteiger partial charge in [0.15, 0.2) is 0 Å². The Kier molecular flexibility index (Phi) is 4.26. The molecular weight excluding hydrogens is 196 g/mol. The summed E-state index contributed by atoms with van der Waals surface area (Å²) in [5.74, 6) is 2.56. The van der Waals surface area contributed by atoms with Gasteiger partial charge in [0.05, 0.1) is 0 Å². The van der Waals surface area contributed by atoms with Crippen LogP contribution in [0.4, 0.5) is 0 Å². The van der Waals surface area contributed by atoms with E-state index in [1.54, 1.807) is 0 Å². The number of hydrogen-bond donors (Lipinski definition) is 1. The van der Waals surface area contributed by atoms with Crippen molar-refractivity contribution in [1.29, 1.82) is 0 Å². The molecule has 1 saturated heterocycles. The first kappa shape index (κ1) is 12.4. The molecule has 1 aliphatic carbocycles. The number of likely N-dealkylation sites (tertiary alicyclic amines) is 1. The van der Waals surface area contributed by atoms with Gasteiger partial charge in [-0.1, -0.05) is 26.7 Å². The minimum atomic E-state index is 0.777. The average molecular weight is 224 g/mol. The number of rotatable bonds is 3. The highest BCUT2D eigenvalue weighted by Crippen LogP contribution is 2.33. The van der Waals surface area contributed by atoms with Gasteiger partial charge in [0.1, 0.15) is 0 Å². The Morgan fingerprint density at radius 1 is 1.19 bits per heavy atom. The van der Waals surface area contributed by atoms with Gasteiger partial charge in [-0.25, -0.2) is 0 Å². The average Bonchev–Trinajstić information content (AvgIpc) is 2.78. The molecule has 0 bridgehead atoms. The van der Waals surface area contributed by atoms with E-state index in [0.29, 0.717) is 0 Å². The molecule has 0 aromatic carbocycles. The molecule has 0 amide bonds. The Labute approximate surface area is 101 Å². The van der Waals surface area contributed by atoms with Gasteiger partial charge in [0.25, 0.3) is 0 Å². The van der Waals surface area contributed by atoms with Crippen LogP contribution in [0.15, 0.2) is 0 Å². The molecule has 0 spiro atoms. The minimum absolute atomic E-state index is 0.777. The van der Waals surface area contributed by atoms with Crippen LogP contribution in [-0.2, 0) is 0 Å². The third-order valence-corrected chi connectivity index (χ3v) is 4.84. The zero-order valence-corrected chi connectivity index (χ0v) is 11.0. The smallest absolute Gasteiger partial charge is 0.0136 e. The van der Waals surface area contributed by atoms with Gasteiger partial charge in [0, 0.05) is 12.6 Å². The fourth-order valence-electron chi connectivity index (χ4n) is 3.60. The molecule has 1 heterocycles. The van der Waals surface area contributed by atoms with Crippen LogP contribution < -0.4 is 5.73 Å². The topological polar surface area (TPSA) is 29.3 Å². The van der Waals surface area contributed by atoms with E-state index in [-0.39, 0.29) is 0 Å². The van der Waals surface area contributed by atoms with Crippen molar-refractivity contribution in [3.05, 3.63) is 0 Å². The van der Waals surface area contributed by atoms with Crippen LogP contribution in [0.25, 0.3) is 0 Å². The van der Waals surface area contributed by atoms with Gasteiger partial charge in [0.2, 0.25) is 0 Å². The summed E-state index contributed by atoms with van der Waals surface area (Å²) >= 11 is 0. The maximum Gasteiger partial charge on any atom is 0.0136 e. The van der Waals surface area contributed by atoms with Crippen molar-refractivity contribution in [2.45, 2.75) is 52.0 Å². The Hall–Kier alpha value is -0.0800. The number of hydrogen-bond acceptors (Lipinski definition) is 2. The lowest BCUT2D eigenvalue weighted by Gasteiger charge is -2.37. The summed E-state index contributed by atoms with van der Waals surface area (Å²) in [4.78, 5) is 2.75. The van der Waals surface area contributed by atoms with Gasteiger partial charge in [-0.05, 0) is 50.1 Å². The van der Waals surface area contributed by atoms with E-state index in [2.05, 4.69) is 18.7 Å². The molecule has 1 saturated carbocycles. The van der Waals surface area contributed by atoms with E-state index >= 15 is 0 Å². The maximum atomic E-state index is 5.93. The van der Waals surface area contributed by atoms with Crippen LogP contribution in [0.5, 0.6) is 0 Å². The highest BCUT2D eigenvalue weighted by Gasteiger charge is 2.34. The summed E-state index contributed by atoms with van der Waals surface area (Å²) in [6, 6.07) is 0.808. The normalized spacial score (nSPS) is 37.1. The molecule has 2 nitrogen and oxygen atoms in total. The monoisotopic (exact) mass is 224 g/mol. The van der Waals surface area contributed by atoms with E-state index in [1.807, 2.05) is 0 Å². The fourth-order valence-corrected chi connectivity index (χ4v) is 3.60. The highest BCUT2D eigenvalue weighted by atomic mass is 15.2. The van der Waals surface area contributed by atoms with Crippen molar-refractivity contribution in [2.24, 2.45) is 23.5 Å². The SMILES string of the molecule is CC(C)C1CCN(C2CCCCC2CN)C1. The van der Waals surface area contributed by atoms with Crippen LogP contribution in [0.2, 0.25) is 0 Å². The lowest BCUT2D eigenvalue weighted by Crippen LogP contribution is -2.44. The number of nitrogens with zero attached hydrogens (tertiary/aromatic N) is 1. The Bertz CT molecular complexity index is 215. The molecule has 0 aromatic rings. The van der Waals surface area contributed by atoms with E-state index in [4.69, 9.17) is 5.73 Å². The van der Waals surface area contributed by atoms with Crippen molar-refractivity contribution in [1.82, 2.24) is 4.90 Å². The third kappa shape index (κ3) is 2.60. The maximum absolute atomic E-state index is 5.93. The van der Waals surface area contributed by atoms with Gasteiger partial charge in [-0.15, -0.1) is 0 Å². The van der Waals surface area contributed by atoms with Crippen molar-refractivity contribution in [2.75, 3.05) is 19.6 Å². The second kappa shape index (κ2) is 5.50. The molecule has 2 N–H and O–H groups in total. The molecule has 0 radical (unpaired) electrons. The van der Waals surface area contributed by atoms with E-state index in [9.17, 15) is 0 Å². The van der Waals surface area contributed by atoms with E-state index in [1.165, 1.54) is 45.2 Å². The summed E-state index contributed by atoms with van der Waals surface area (Å²) in [7, 11) is 0. The molecule has 2 fully saturated rings. The summed E-state index contributed by atoms with van der Waals surface area (Å²) in [6.07, 6.45) is 6.99. The van der Waals surface area contributed by atoms with E-state index < -0.39 is 0 Å². The molecule has 3 atom stereocenters. The quantitative estimate of drug-likeness (QED) is 0.798. The summed E-state index contributed by atoms with van der Waals surface area (Å²) < 4.78 is 0. The first-order chi connectivity index (χ1) is 7.72. The van der Waals surface area contributed by atoms with Crippen molar-refractivity contribution in [3.8, 4) is 0 Å². The third-order valence-electron chi connectivity index (χ3n) is 4.84. The van der Waals surface area contributed by atoms with Gasteiger partial charge < -0.3 is 5.73 Å². The molecule has 94 valence electrons. The lowest BCUT2D eigenvalue weighted by molar-refractivity contribution is 0.125. The van der Waals surface area contributed by atoms with E-state index in [0.717, 1.165) is 30.3 Å². The molecule has 1 aliphatic heterocycles. The van der Waals surface area contributed by atoms with Crippen molar-refractivity contribution >= 4 is 0 Å². The number of nitrogens with two attached hydrogens (primary N) is 1. The first-order valence-corrected chi connectivity index (χ1v) is 7.16. The Balaban J connectivity index is 1.91. The summed E-state index contributed by atoms with van der Waals surface area (Å²) in [5.41, 5.74) is 5.93. The molecule has 0 aromatic heterocycles. The minimum Gasteiger partial charge on any atom is -0.330 e. The van der Waals surface area contributed by atoms with Gasteiger partial charge in [-0.2, -0.15) is 0 Å². The Morgan fingerprint density at radius 2 is 1.94 bits per heavy atom. The lowest BCUT2D eigenvalue weighted by atomic mass is 9.83. The zero-order valence-electron chi connectivity index (χ0n) is 11.0. The molecule has 3 unspecified atom stereocenters. The van der Waals surface area contributed by atoms with Gasteiger partial charge in [-0.3, -0.25) is 4.90 Å². The predicted molar refractivity (Wildman–Crippen MR) is 69.3 cm³/mol. The predicted octanol–water partition coefficient (Wildman–Crippen LogP) is 2.48. The van der Waals surface area contributed by atoms with Crippen LogP contribution >= 0.6 is 0 Å². The Morgan fingerprint density at radius 3 is 2.56 bits per heavy atom. The molecule has 2 aliphatic rings. The van der Waals surface area contributed by atoms with Crippen LogP contribution in [-0.4, -0.2) is 30.6 Å². The standard InChI is InChI=1S/C14H28N2/c1-11(2)13-7-8-16(10-13)14-6-4-3-5-12(14)9-15/h11-14H,3-10,15H2,1-2H3. The largest absolute Gasteiger partial charge is 0.330 e. The van der Waals surface area contributed by atoms with Crippen LogP contribution in [0.3, 0.4) is 0 Å². The summed E-state index contributed by atoms with van der Waals surface area (Å²) in [6.45, 7) is 8.29.